The van der Waals surface area contributed by atoms with Crippen LogP contribution in [0.3, 0.4) is 0 Å². The van der Waals surface area contributed by atoms with Gasteiger partial charge in [0.25, 0.3) is 0 Å². The first-order valence-corrected chi connectivity index (χ1v) is 3.47. The third-order valence-corrected chi connectivity index (χ3v) is 1.33. The van der Waals surface area contributed by atoms with Crippen LogP contribution in [0.15, 0.2) is 0 Å². The lowest BCUT2D eigenvalue weighted by molar-refractivity contribution is -0.115. The SMILES string of the molecule is CC#CCC(N)C(OC)OC. The maximum absolute atomic E-state index is 5.67. The summed E-state index contributed by atoms with van der Waals surface area (Å²) in [5, 5.41) is 0. The van der Waals surface area contributed by atoms with Gasteiger partial charge in [-0.3, -0.25) is 0 Å². The Morgan fingerprint density at radius 1 is 1.36 bits per heavy atom. The number of hydrogen-bond donors (Lipinski definition) is 1. The van der Waals surface area contributed by atoms with Gasteiger partial charge in [0.05, 0.1) is 6.04 Å². The Balaban J connectivity index is 3.74. The first-order valence-electron chi connectivity index (χ1n) is 3.47. The van der Waals surface area contributed by atoms with Crippen LogP contribution in [0.1, 0.15) is 13.3 Å². The van der Waals surface area contributed by atoms with E-state index in [1.165, 1.54) is 0 Å². The van der Waals surface area contributed by atoms with Crippen LogP contribution in [0.5, 0.6) is 0 Å². The fraction of sp³-hybridized carbons (Fsp3) is 0.750. The van der Waals surface area contributed by atoms with Gasteiger partial charge in [0.15, 0.2) is 6.29 Å². The largest absolute Gasteiger partial charge is 0.354 e. The molecule has 0 radical (unpaired) electrons. The van der Waals surface area contributed by atoms with Crippen molar-refractivity contribution >= 4 is 0 Å². The zero-order chi connectivity index (χ0) is 8.69. The van der Waals surface area contributed by atoms with Gasteiger partial charge in [0.1, 0.15) is 0 Å². The fourth-order valence-corrected chi connectivity index (χ4v) is 0.762. The zero-order valence-corrected chi connectivity index (χ0v) is 7.26. The summed E-state index contributed by atoms with van der Waals surface area (Å²) in [6.07, 6.45) is 0.249. The highest BCUT2D eigenvalue weighted by molar-refractivity contribution is 4.98. The van der Waals surface area contributed by atoms with Crippen LogP contribution in [0.4, 0.5) is 0 Å². The topological polar surface area (TPSA) is 44.5 Å². The van der Waals surface area contributed by atoms with Crippen LogP contribution >= 0.6 is 0 Å². The molecule has 0 aromatic heterocycles. The predicted octanol–water partition coefficient (Wildman–Crippen LogP) is 0.346. The number of nitrogens with two attached hydrogens (primary N) is 1. The Morgan fingerprint density at radius 2 is 1.91 bits per heavy atom. The van der Waals surface area contributed by atoms with Crippen molar-refractivity contribution in [2.75, 3.05) is 14.2 Å². The van der Waals surface area contributed by atoms with Gasteiger partial charge in [-0.2, -0.15) is 0 Å². The lowest BCUT2D eigenvalue weighted by Crippen LogP contribution is -2.37. The molecule has 3 heteroatoms. The maximum atomic E-state index is 5.67. The van der Waals surface area contributed by atoms with Gasteiger partial charge in [-0.15, -0.1) is 11.8 Å². The molecule has 64 valence electrons. The van der Waals surface area contributed by atoms with Gasteiger partial charge in [0.2, 0.25) is 0 Å². The van der Waals surface area contributed by atoms with Gasteiger partial charge in [0, 0.05) is 20.6 Å². The van der Waals surface area contributed by atoms with Crippen LogP contribution in [-0.2, 0) is 9.47 Å². The number of ether oxygens (including phenoxy) is 2. The quantitative estimate of drug-likeness (QED) is 0.473. The summed E-state index contributed by atoms with van der Waals surface area (Å²) in [6.45, 7) is 1.78. The van der Waals surface area contributed by atoms with E-state index in [1.54, 1.807) is 21.1 Å². The second-order valence-electron chi connectivity index (χ2n) is 2.13. The summed E-state index contributed by atoms with van der Waals surface area (Å²) in [4.78, 5) is 0. The number of methoxy groups -OCH3 is 2. The van der Waals surface area contributed by atoms with E-state index in [1.807, 2.05) is 0 Å². The minimum Gasteiger partial charge on any atom is -0.354 e. The van der Waals surface area contributed by atoms with Crippen molar-refractivity contribution in [2.24, 2.45) is 5.73 Å². The molecule has 0 saturated heterocycles. The fourth-order valence-electron chi connectivity index (χ4n) is 0.762. The minimum absolute atomic E-state index is 0.169. The Morgan fingerprint density at radius 3 is 2.27 bits per heavy atom. The molecule has 1 unspecified atom stereocenters. The Bertz CT molecular complexity index is 144. The van der Waals surface area contributed by atoms with Gasteiger partial charge in [-0.25, -0.2) is 0 Å². The summed E-state index contributed by atoms with van der Waals surface area (Å²) >= 11 is 0. The van der Waals surface area contributed by atoms with E-state index in [0.29, 0.717) is 6.42 Å². The number of rotatable bonds is 4. The van der Waals surface area contributed by atoms with Crippen LogP contribution in [0, 0.1) is 11.8 Å². The molecule has 0 aliphatic rings. The van der Waals surface area contributed by atoms with Gasteiger partial charge in [-0.05, 0) is 6.92 Å². The van der Waals surface area contributed by atoms with Crippen molar-refractivity contribution in [3.05, 3.63) is 0 Å². The molecule has 0 saturated carbocycles. The first kappa shape index (κ1) is 10.4. The molecule has 0 aromatic rings. The van der Waals surface area contributed by atoms with Gasteiger partial charge >= 0.3 is 0 Å². The maximum Gasteiger partial charge on any atom is 0.172 e. The average molecular weight is 157 g/mol. The van der Waals surface area contributed by atoms with E-state index >= 15 is 0 Å². The minimum atomic E-state index is -0.351. The molecule has 3 nitrogen and oxygen atoms in total. The Hall–Kier alpha value is -0.560. The molecule has 0 heterocycles. The summed E-state index contributed by atoms with van der Waals surface area (Å²) in [6, 6.07) is -0.169. The smallest absolute Gasteiger partial charge is 0.172 e. The molecular formula is C8H15NO2. The van der Waals surface area contributed by atoms with Crippen molar-refractivity contribution < 1.29 is 9.47 Å². The van der Waals surface area contributed by atoms with Crippen LogP contribution in [0.2, 0.25) is 0 Å². The summed E-state index contributed by atoms with van der Waals surface area (Å²) < 4.78 is 9.89. The molecule has 0 aromatic carbocycles. The lowest BCUT2D eigenvalue weighted by atomic mass is 10.2. The van der Waals surface area contributed by atoms with E-state index in [4.69, 9.17) is 15.2 Å². The van der Waals surface area contributed by atoms with E-state index in [-0.39, 0.29) is 12.3 Å². The van der Waals surface area contributed by atoms with Gasteiger partial charge in [-0.1, -0.05) is 0 Å². The van der Waals surface area contributed by atoms with Gasteiger partial charge < -0.3 is 15.2 Å². The highest BCUT2D eigenvalue weighted by atomic mass is 16.7. The second kappa shape index (κ2) is 6.17. The molecular weight excluding hydrogens is 142 g/mol. The normalized spacial score (nSPS) is 12.5. The standard InChI is InChI=1S/C8H15NO2/c1-4-5-6-7(9)8(10-2)11-3/h7-8H,6,9H2,1-3H3. The third kappa shape index (κ3) is 3.99. The van der Waals surface area contributed by atoms with Crippen LogP contribution < -0.4 is 5.73 Å². The summed E-state index contributed by atoms with van der Waals surface area (Å²) in [5.41, 5.74) is 5.67. The van der Waals surface area contributed by atoms with E-state index < -0.39 is 0 Å². The molecule has 2 N–H and O–H groups in total. The first-order chi connectivity index (χ1) is 5.26. The Kier molecular flexibility index (Phi) is 5.86. The van der Waals surface area contributed by atoms with E-state index in [2.05, 4.69) is 11.8 Å². The molecule has 11 heavy (non-hydrogen) atoms. The van der Waals surface area contributed by atoms with Crippen molar-refractivity contribution in [1.29, 1.82) is 0 Å². The number of hydrogen-bond acceptors (Lipinski definition) is 3. The summed E-state index contributed by atoms with van der Waals surface area (Å²) in [5.74, 6) is 5.62. The molecule has 0 fully saturated rings. The van der Waals surface area contributed by atoms with Crippen molar-refractivity contribution in [3.8, 4) is 11.8 Å². The highest BCUT2D eigenvalue weighted by Gasteiger charge is 2.14. The molecule has 0 spiro atoms. The highest BCUT2D eigenvalue weighted by Crippen LogP contribution is 1.99. The predicted molar refractivity (Wildman–Crippen MR) is 43.8 cm³/mol. The molecule has 0 bridgehead atoms. The molecule has 0 aliphatic carbocycles. The van der Waals surface area contributed by atoms with E-state index in [0.717, 1.165) is 0 Å². The molecule has 0 rings (SSSR count). The zero-order valence-electron chi connectivity index (χ0n) is 7.26. The Labute approximate surface area is 67.9 Å². The lowest BCUT2D eigenvalue weighted by Gasteiger charge is -2.18. The van der Waals surface area contributed by atoms with Crippen molar-refractivity contribution in [2.45, 2.75) is 25.7 Å². The monoisotopic (exact) mass is 157 g/mol. The summed E-state index contributed by atoms with van der Waals surface area (Å²) in [7, 11) is 3.13. The van der Waals surface area contributed by atoms with E-state index in [9.17, 15) is 0 Å². The van der Waals surface area contributed by atoms with Crippen LogP contribution in [-0.4, -0.2) is 26.6 Å². The van der Waals surface area contributed by atoms with Crippen molar-refractivity contribution in [3.63, 3.8) is 0 Å². The molecule has 0 aliphatic heterocycles. The third-order valence-electron chi connectivity index (χ3n) is 1.33. The molecule has 1 atom stereocenters. The molecule has 0 amide bonds. The van der Waals surface area contributed by atoms with Crippen molar-refractivity contribution in [1.82, 2.24) is 0 Å². The van der Waals surface area contributed by atoms with Crippen LogP contribution in [0.25, 0.3) is 0 Å². The second-order valence-corrected chi connectivity index (χ2v) is 2.13. The average Bonchev–Trinajstić information content (AvgIpc) is 2.03.